The molecule has 2 aromatic carbocycles. The molecule has 0 saturated carbocycles. The Morgan fingerprint density at radius 3 is 2.62 bits per heavy atom. The number of esters is 1. The first kappa shape index (κ1) is 24.5. The van der Waals surface area contributed by atoms with E-state index < -0.39 is 0 Å². The third-order valence-corrected chi connectivity index (χ3v) is 7.46. The van der Waals surface area contributed by atoms with Gasteiger partial charge in [0.1, 0.15) is 5.00 Å². The molecule has 6 nitrogen and oxygen atoms in total. The van der Waals surface area contributed by atoms with Crippen LogP contribution in [0.25, 0.3) is 0 Å². The number of thiocarbonyl (C=S) groups is 1. The van der Waals surface area contributed by atoms with Gasteiger partial charge < -0.3 is 10.1 Å². The number of carbonyl (C=O) groups is 2. The standard InChI is InChI=1S/C25H24BrN3O3S2/c1-2-32-24(31)21-18-12-13-29(14-16-8-4-3-5-9-16)15-20(18)34-23(21)28-25(33)27-22(30)17-10-6-7-11-19(17)26/h3-11H,2,12-15H2,1H3,(H2,27,28,30,33). The zero-order valence-corrected chi connectivity index (χ0v) is 21.8. The highest BCUT2D eigenvalue weighted by Crippen LogP contribution is 2.38. The second-order valence-electron chi connectivity index (χ2n) is 7.76. The van der Waals surface area contributed by atoms with Crippen molar-refractivity contribution in [1.82, 2.24) is 10.2 Å². The number of ether oxygens (including phenoxy) is 1. The molecule has 4 rings (SSSR count). The fourth-order valence-corrected chi connectivity index (χ4v) is 5.90. The van der Waals surface area contributed by atoms with Crippen molar-refractivity contribution in [2.75, 3.05) is 18.5 Å². The maximum absolute atomic E-state index is 12.8. The second-order valence-corrected chi connectivity index (χ2v) is 10.1. The molecule has 0 atom stereocenters. The van der Waals surface area contributed by atoms with Crippen LogP contribution in [0.2, 0.25) is 0 Å². The van der Waals surface area contributed by atoms with Gasteiger partial charge in [-0.3, -0.25) is 15.0 Å². The first-order valence-electron chi connectivity index (χ1n) is 10.9. The van der Waals surface area contributed by atoms with Gasteiger partial charge in [-0.2, -0.15) is 0 Å². The van der Waals surface area contributed by atoms with Gasteiger partial charge in [-0.1, -0.05) is 42.5 Å². The number of halogens is 1. The Morgan fingerprint density at radius 2 is 1.88 bits per heavy atom. The topological polar surface area (TPSA) is 70.7 Å². The van der Waals surface area contributed by atoms with Crippen LogP contribution in [0.15, 0.2) is 59.1 Å². The molecule has 0 fully saturated rings. The van der Waals surface area contributed by atoms with Crippen LogP contribution in [-0.2, 0) is 24.2 Å². The highest BCUT2D eigenvalue weighted by atomic mass is 79.9. The van der Waals surface area contributed by atoms with Crippen molar-refractivity contribution in [3.8, 4) is 0 Å². The molecule has 2 N–H and O–H groups in total. The first-order valence-corrected chi connectivity index (χ1v) is 12.9. The minimum atomic E-state index is -0.376. The maximum Gasteiger partial charge on any atom is 0.341 e. The third kappa shape index (κ3) is 5.72. The summed E-state index contributed by atoms with van der Waals surface area (Å²) in [6.45, 7) is 4.49. The van der Waals surface area contributed by atoms with Crippen LogP contribution in [0.3, 0.4) is 0 Å². The molecule has 0 bridgehead atoms. The monoisotopic (exact) mass is 557 g/mol. The van der Waals surface area contributed by atoms with Crippen molar-refractivity contribution in [2.24, 2.45) is 0 Å². The Morgan fingerprint density at radius 1 is 1.15 bits per heavy atom. The van der Waals surface area contributed by atoms with Crippen molar-refractivity contribution in [1.29, 1.82) is 0 Å². The molecule has 3 aromatic rings. The minimum absolute atomic E-state index is 0.131. The van der Waals surface area contributed by atoms with Gasteiger partial charge in [0.15, 0.2) is 5.11 Å². The molecular weight excluding hydrogens is 534 g/mol. The minimum Gasteiger partial charge on any atom is -0.462 e. The molecule has 1 amide bonds. The molecule has 1 aliphatic heterocycles. The number of nitrogens with zero attached hydrogens (tertiary/aromatic N) is 1. The number of benzene rings is 2. The summed E-state index contributed by atoms with van der Waals surface area (Å²) in [5.41, 5.74) is 3.23. The summed E-state index contributed by atoms with van der Waals surface area (Å²) < 4.78 is 6.01. The van der Waals surface area contributed by atoms with Crippen LogP contribution in [-0.4, -0.2) is 35.0 Å². The Balaban J connectivity index is 1.52. The number of carbonyl (C=O) groups excluding carboxylic acids is 2. The van der Waals surface area contributed by atoms with E-state index in [0.717, 1.165) is 36.5 Å². The number of hydrogen-bond donors (Lipinski definition) is 2. The van der Waals surface area contributed by atoms with Crippen molar-refractivity contribution in [3.63, 3.8) is 0 Å². The van der Waals surface area contributed by atoms with Crippen LogP contribution in [0.4, 0.5) is 5.00 Å². The average Bonchev–Trinajstić information content (AvgIpc) is 3.17. The number of hydrogen-bond acceptors (Lipinski definition) is 6. The number of amides is 1. The lowest BCUT2D eigenvalue weighted by molar-refractivity contribution is 0.0526. The molecule has 1 aliphatic rings. The predicted molar refractivity (Wildman–Crippen MR) is 142 cm³/mol. The van der Waals surface area contributed by atoms with E-state index in [0.29, 0.717) is 20.6 Å². The number of nitrogens with one attached hydrogen (secondary N) is 2. The van der Waals surface area contributed by atoms with Gasteiger partial charge in [0.05, 0.1) is 17.7 Å². The highest BCUT2D eigenvalue weighted by molar-refractivity contribution is 9.10. The lowest BCUT2D eigenvalue weighted by atomic mass is 10.0. The normalized spacial score (nSPS) is 13.1. The second kappa shape index (κ2) is 11.2. The molecule has 1 aromatic heterocycles. The molecule has 176 valence electrons. The van der Waals surface area contributed by atoms with E-state index in [-0.39, 0.29) is 23.6 Å². The Bertz CT molecular complexity index is 1210. The third-order valence-electron chi connectivity index (χ3n) is 5.44. The van der Waals surface area contributed by atoms with Crippen molar-refractivity contribution in [2.45, 2.75) is 26.4 Å². The molecule has 0 radical (unpaired) electrons. The summed E-state index contributed by atoms with van der Waals surface area (Å²) in [5, 5.41) is 6.51. The molecule has 0 spiro atoms. The van der Waals surface area contributed by atoms with E-state index in [4.69, 9.17) is 17.0 Å². The average molecular weight is 559 g/mol. The van der Waals surface area contributed by atoms with Crippen LogP contribution < -0.4 is 10.6 Å². The summed E-state index contributed by atoms with van der Waals surface area (Å²) in [5.74, 6) is -0.711. The lowest BCUT2D eigenvalue weighted by Gasteiger charge is -2.27. The quantitative estimate of drug-likeness (QED) is 0.313. The Kier molecular flexibility index (Phi) is 8.10. The summed E-state index contributed by atoms with van der Waals surface area (Å²) in [6.07, 6.45) is 0.741. The summed E-state index contributed by atoms with van der Waals surface area (Å²) in [7, 11) is 0. The fourth-order valence-electron chi connectivity index (χ4n) is 3.89. The highest BCUT2D eigenvalue weighted by Gasteiger charge is 2.29. The zero-order chi connectivity index (χ0) is 24.1. The largest absolute Gasteiger partial charge is 0.462 e. The van der Waals surface area contributed by atoms with E-state index >= 15 is 0 Å². The van der Waals surface area contributed by atoms with E-state index in [1.807, 2.05) is 24.3 Å². The molecular formula is C25H24BrN3O3S2. The van der Waals surface area contributed by atoms with Crippen molar-refractivity contribution in [3.05, 3.63) is 86.2 Å². The zero-order valence-electron chi connectivity index (χ0n) is 18.6. The predicted octanol–water partition coefficient (Wildman–Crippen LogP) is 5.37. The number of rotatable bonds is 6. The van der Waals surface area contributed by atoms with Gasteiger partial charge in [0.2, 0.25) is 0 Å². The fraction of sp³-hybridized carbons (Fsp3) is 0.240. The van der Waals surface area contributed by atoms with Gasteiger partial charge in [-0.05, 0) is 64.8 Å². The van der Waals surface area contributed by atoms with E-state index in [2.05, 4.69) is 43.6 Å². The maximum atomic E-state index is 12.8. The van der Waals surface area contributed by atoms with E-state index in [1.54, 1.807) is 25.1 Å². The van der Waals surface area contributed by atoms with Crippen molar-refractivity contribution >= 4 is 61.5 Å². The number of thiophene rings is 1. The van der Waals surface area contributed by atoms with E-state index in [1.165, 1.54) is 16.9 Å². The van der Waals surface area contributed by atoms with Gasteiger partial charge in [-0.25, -0.2) is 4.79 Å². The van der Waals surface area contributed by atoms with Crippen LogP contribution in [0.5, 0.6) is 0 Å². The molecule has 9 heteroatoms. The van der Waals surface area contributed by atoms with Gasteiger partial charge in [0.25, 0.3) is 5.91 Å². The smallest absolute Gasteiger partial charge is 0.341 e. The summed E-state index contributed by atoms with van der Waals surface area (Å²) in [4.78, 5) is 28.9. The van der Waals surface area contributed by atoms with Crippen molar-refractivity contribution < 1.29 is 14.3 Å². The lowest BCUT2D eigenvalue weighted by Crippen LogP contribution is -2.34. The molecule has 0 aliphatic carbocycles. The molecule has 34 heavy (non-hydrogen) atoms. The van der Waals surface area contributed by atoms with E-state index in [9.17, 15) is 9.59 Å². The SMILES string of the molecule is CCOC(=O)c1c(NC(=S)NC(=O)c2ccccc2Br)sc2c1CCN(Cc1ccccc1)C2. The summed E-state index contributed by atoms with van der Waals surface area (Å²) >= 11 is 10.3. The first-order chi connectivity index (χ1) is 16.5. The Labute approximate surface area is 216 Å². The molecule has 2 heterocycles. The Hall–Kier alpha value is -2.59. The number of anilines is 1. The van der Waals surface area contributed by atoms with Crippen LogP contribution in [0.1, 0.15) is 43.6 Å². The summed E-state index contributed by atoms with van der Waals surface area (Å²) in [6, 6.07) is 17.4. The number of fused-ring (bicyclic) bond motifs is 1. The van der Waals surface area contributed by atoms with Crippen LogP contribution >= 0.6 is 39.5 Å². The molecule has 0 saturated heterocycles. The van der Waals surface area contributed by atoms with Crippen LogP contribution in [0, 0.1) is 0 Å². The van der Waals surface area contributed by atoms with Gasteiger partial charge in [0, 0.05) is 29.0 Å². The molecule has 0 unspecified atom stereocenters. The van der Waals surface area contributed by atoms with Gasteiger partial charge in [-0.15, -0.1) is 11.3 Å². The van der Waals surface area contributed by atoms with Gasteiger partial charge >= 0.3 is 5.97 Å².